The lowest BCUT2D eigenvalue weighted by Crippen LogP contribution is -2.47. The van der Waals surface area contributed by atoms with Crippen molar-refractivity contribution in [3.63, 3.8) is 0 Å². The third-order valence-corrected chi connectivity index (χ3v) is 4.42. The SMILES string of the molecule is C\C=C/C(=C\C=C\CC)C1C=C2N=C(Cl)C=C(N3CCOCC3)N2N1. The van der Waals surface area contributed by atoms with Crippen LogP contribution in [0, 0.1) is 0 Å². The molecule has 1 fully saturated rings. The van der Waals surface area contributed by atoms with Gasteiger partial charge in [0, 0.05) is 19.2 Å². The van der Waals surface area contributed by atoms with Gasteiger partial charge < -0.3 is 9.64 Å². The molecule has 0 radical (unpaired) electrons. The smallest absolute Gasteiger partial charge is 0.148 e. The minimum absolute atomic E-state index is 0.0588. The zero-order valence-electron chi connectivity index (χ0n) is 14.8. The number of morpholine rings is 1. The molecular formula is C19H25ClN4O. The van der Waals surface area contributed by atoms with Gasteiger partial charge in [0.1, 0.15) is 16.8 Å². The summed E-state index contributed by atoms with van der Waals surface area (Å²) >= 11 is 6.27. The summed E-state index contributed by atoms with van der Waals surface area (Å²) in [5.41, 5.74) is 4.73. The quantitative estimate of drug-likeness (QED) is 0.763. The number of hydrogen-bond acceptors (Lipinski definition) is 5. The number of hydrogen-bond donors (Lipinski definition) is 1. The van der Waals surface area contributed by atoms with Gasteiger partial charge in [0.2, 0.25) is 0 Å². The molecule has 0 spiro atoms. The van der Waals surface area contributed by atoms with E-state index in [1.54, 1.807) is 0 Å². The van der Waals surface area contributed by atoms with Crippen molar-refractivity contribution in [1.82, 2.24) is 15.3 Å². The number of allylic oxidation sites excluding steroid dienone is 5. The number of hydrazine groups is 1. The summed E-state index contributed by atoms with van der Waals surface area (Å²) in [6.07, 6.45) is 15.6. The fourth-order valence-corrected chi connectivity index (χ4v) is 3.20. The third kappa shape index (κ3) is 4.24. The van der Waals surface area contributed by atoms with E-state index in [0.29, 0.717) is 5.17 Å². The lowest BCUT2D eigenvalue weighted by molar-refractivity contribution is 0.0366. The average molecular weight is 361 g/mol. The van der Waals surface area contributed by atoms with Crippen LogP contribution < -0.4 is 5.43 Å². The van der Waals surface area contributed by atoms with Crippen molar-refractivity contribution in [2.24, 2.45) is 4.99 Å². The van der Waals surface area contributed by atoms with Gasteiger partial charge in [-0.25, -0.2) is 15.4 Å². The molecular weight excluding hydrogens is 336 g/mol. The normalized spacial score (nSPS) is 24.7. The second-order valence-electron chi connectivity index (χ2n) is 6.01. The molecule has 3 aliphatic rings. The molecule has 0 aromatic rings. The topological polar surface area (TPSA) is 40.1 Å². The summed E-state index contributed by atoms with van der Waals surface area (Å²) in [5.74, 6) is 1.87. The van der Waals surface area contributed by atoms with Crippen LogP contribution in [0.15, 0.2) is 64.7 Å². The zero-order valence-corrected chi connectivity index (χ0v) is 15.5. The summed E-state index contributed by atoms with van der Waals surface area (Å²) in [7, 11) is 0. The summed E-state index contributed by atoms with van der Waals surface area (Å²) in [6, 6.07) is 0.0588. The fraction of sp³-hybridized carbons (Fsp3) is 0.421. The molecule has 0 bridgehead atoms. The molecule has 0 saturated carbocycles. The van der Waals surface area contributed by atoms with Gasteiger partial charge in [-0.2, -0.15) is 0 Å². The van der Waals surface area contributed by atoms with E-state index in [0.717, 1.165) is 44.4 Å². The highest BCUT2D eigenvalue weighted by Crippen LogP contribution is 2.29. The van der Waals surface area contributed by atoms with Gasteiger partial charge in [0.05, 0.1) is 19.3 Å². The molecule has 6 heteroatoms. The Morgan fingerprint density at radius 2 is 2.24 bits per heavy atom. The van der Waals surface area contributed by atoms with Crippen LogP contribution in [0.5, 0.6) is 0 Å². The number of ether oxygens (including phenoxy) is 1. The van der Waals surface area contributed by atoms with Crippen molar-refractivity contribution < 1.29 is 4.74 Å². The Morgan fingerprint density at radius 3 is 2.96 bits per heavy atom. The molecule has 5 nitrogen and oxygen atoms in total. The van der Waals surface area contributed by atoms with E-state index in [1.165, 1.54) is 5.57 Å². The molecule has 3 rings (SSSR count). The van der Waals surface area contributed by atoms with Gasteiger partial charge in [0.25, 0.3) is 0 Å². The molecule has 1 N–H and O–H groups in total. The molecule has 0 amide bonds. The lowest BCUT2D eigenvalue weighted by Gasteiger charge is -2.37. The number of nitrogens with zero attached hydrogens (tertiary/aromatic N) is 3. The van der Waals surface area contributed by atoms with E-state index in [4.69, 9.17) is 16.3 Å². The monoisotopic (exact) mass is 360 g/mol. The Kier molecular flexibility index (Phi) is 6.13. The van der Waals surface area contributed by atoms with Crippen LogP contribution in [0.25, 0.3) is 0 Å². The second kappa shape index (κ2) is 8.52. The van der Waals surface area contributed by atoms with Gasteiger partial charge in [-0.1, -0.05) is 48.9 Å². The highest BCUT2D eigenvalue weighted by Gasteiger charge is 2.32. The number of aliphatic imine (C=N–C) groups is 1. The predicted molar refractivity (Wildman–Crippen MR) is 103 cm³/mol. The Labute approximate surface area is 154 Å². The zero-order chi connectivity index (χ0) is 17.6. The van der Waals surface area contributed by atoms with Crippen molar-refractivity contribution in [2.75, 3.05) is 26.3 Å². The number of nitrogens with one attached hydrogen (secondary N) is 1. The first kappa shape index (κ1) is 18.0. The molecule has 3 aliphatic heterocycles. The van der Waals surface area contributed by atoms with Crippen LogP contribution >= 0.6 is 11.6 Å². The van der Waals surface area contributed by atoms with Gasteiger partial charge in [-0.3, -0.25) is 0 Å². The molecule has 1 saturated heterocycles. The molecule has 0 aromatic heterocycles. The van der Waals surface area contributed by atoms with Crippen LogP contribution in [0.3, 0.4) is 0 Å². The van der Waals surface area contributed by atoms with E-state index in [-0.39, 0.29) is 6.04 Å². The minimum Gasteiger partial charge on any atom is -0.378 e. The van der Waals surface area contributed by atoms with Crippen molar-refractivity contribution in [1.29, 1.82) is 0 Å². The van der Waals surface area contributed by atoms with Crippen molar-refractivity contribution in [2.45, 2.75) is 26.3 Å². The lowest BCUT2D eigenvalue weighted by atomic mass is 10.1. The standard InChI is InChI=1S/C19H25ClN4O/c1-3-5-6-8-15(7-4-2)16-13-18-21-17(20)14-19(24(18)22-16)23-9-11-25-12-10-23/h4-8,13-14,16,22H,3,9-12H2,1-2H3/b6-5+,7-4-,15-8+. The van der Waals surface area contributed by atoms with Crippen LogP contribution in [0.1, 0.15) is 20.3 Å². The van der Waals surface area contributed by atoms with Crippen molar-refractivity contribution in [3.8, 4) is 0 Å². The summed E-state index contributed by atoms with van der Waals surface area (Å²) < 4.78 is 5.46. The second-order valence-corrected chi connectivity index (χ2v) is 6.39. The van der Waals surface area contributed by atoms with Crippen LogP contribution in [-0.4, -0.2) is 47.4 Å². The number of fused-ring (bicyclic) bond motifs is 1. The van der Waals surface area contributed by atoms with E-state index in [2.05, 4.69) is 58.7 Å². The van der Waals surface area contributed by atoms with E-state index < -0.39 is 0 Å². The highest BCUT2D eigenvalue weighted by atomic mass is 35.5. The maximum atomic E-state index is 6.27. The van der Waals surface area contributed by atoms with Crippen molar-refractivity contribution in [3.05, 3.63) is 59.7 Å². The molecule has 134 valence electrons. The van der Waals surface area contributed by atoms with Gasteiger partial charge in [-0.15, -0.1) is 0 Å². The maximum Gasteiger partial charge on any atom is 0.148 e. The van der Waals surface area contributed by atoms with Crippen LogP contribution in [-0.2, 0) is 4.74 Å². The Morgan fingerprint density at radius 1 is 1.44 bits per heavy atom. The maximum absolute atomic E-state index is 6.27. The highest BCUT2D eigenvalue weighted by molar-refractivity contribution is 6.68. The van der Waals surface area contributed by atoms with E-state index in [9.17, 15) is 0 Å². The predicted octanol–water partition coefficient (Wildman–Crippen LogP) is 3.31. The first-order valence-electron chi connectivity index (χ1n) is 8.79. The molecule has 0 aliphatic carbocycles. The molecule has 1 unspecified atom stereocenters. The summed E-state index contributed by atoms with van der Waals surface area (Å²) in [6.45, 7) is 7.32. The van der Waals surface area contributed by atoms with Gasteiger partial charge in [0.15, 0.2) is 0 Å². The summed E-state index contributed by atoms with van der Waals surface area (Å²) in [5, 5.41) is 2.54. The van der Waals surface area contributed by atoms with E-state index in [1.807, 2.05) is 18.0 Å². The Hall–Kier alpha value is -1.82. The van der Waals surface area contributed by atoms with Gasteiger partial charge >= 0.3 is 0 Å². The average Bonchev–Trinajstić information content (AvgIpc) is 3.05. The largest absolute Gasteiger partial charge is 0.378 e. The number of halogens is 1. The molecule has 1 atom stereocenters. The fourth-order valence-electron chi connectivity index (χ4n) is 3.02. The third-order valence-electron chi connectivity index (χ3n) is 4.23. The Balaban J connectivity index is 1.83. The molecule has 0 aromatic carbocycles. The van der Waals surface area contributed by atoms with Crippen LogP contribution in [0.2, 0.25) is 0 Å². The number of rotatable bonds is 5. The molecule has 3 heterocycles. The first-order valence-corrected chi connectivity index (χ1v) is 9.17. The van der Waals surface area contributed by atoms with Crippen LogP contribution in [0.4, 0.5) is 0 Å². The van der Waals surface area contributed by atoms with E-state index >= 15 is 0 Å². The first-order chi connectivity index (χ1) is 12.2. The molecule has 25 heavy (non-hydrogen) atoms. The summed E-state index contributed by atoms with van der Waals surface area (Å²) in [4.78, 5) is 6.76. The van der Waals surface area contributed by atoms with Gasteiger partial charge in [-0.05, 0) is 25.0 Å². The van der Waals surface area contributed by atoms with Crippen molar-refractivity contribution >= 4 is 16.8 Å². The Bertz CT molecular complexity index is 669. The minimum atomic E-state index is 0.0588.